The van der Waals surface area contributed by atoms with Crippen molar-refractivity contribution in [1.29, 1.82) is 0 Å². The fraction of sp³-hybridized carbons (Fsp3) is 0.923. The number of nitrogens with zero attached hydrogens (tertiary/aromatic N) is 1. The molecule has 1 N–H and O–H groups in total. The molecule has 0 aliphatic heterocycles. The highest BCUT2D eigenvalue weighted by atomic mass is 16.4. The number of carboxylic acid groups (broad SMARTS) is 1. The van der Waals surface area contributed by atoms with Crippen LogP contribution >= 0.6 is 0 Å². The molecule has 3 nitrogen and oxygen atoms in total. The lowest BCUT2D eigenvalue weighted by atomic mass is 9.81. The van der Waals surface area contributed by atoms with Crippen LogP contribution in [0.4, 0.5) is 0 Å². The highest BCUT2D eigenvalue weighted by Gasteiger charge is 2.36. The number of carboxylic acids is 1. The van der Waals surface area contributed by atoms with Crippen LogP contribution in [0.3, 0.4) is 0 Å². The topological polar surface area (TPSA) is 40.5 Å². The summed E-state index contributed by atoms with van der Waals surface area (Å²) >= 11 is 0. The maximum absolute atomic E-state index is 11.4. The van der Waals surface area contributed by atoms with Gasteiger partial charge >= 0.3 is 5.97 Å². The predicted molar refractivity (Wildman–Crippen MR) is 67.7 cm³/mol. The van der Waals surface area contributed by atoms with Crippen molar-refractivity contribution in [2.75, 3.05) is 13.6 Å². The summed E-state index contributed by atoms with van der Waals surface area (Å²) in [6.45, 7) is 8.91. The Labute approximate surface area is 99.8 Å². The Hall–Kier alpha value is -0.570. The Morgan fingerprint density at radius 1 is 1.19 bits per heavy atom. The molecule has 16 heavy (non-hydrogen) atoms. The van der Waals surface area contributed by atoms with Gasteiger partial charge in [-0.05, 0) is 32.7 Å². The highest BCUT2D eigenvalue weighted by Crippen LogP contribution is 2.28. The SMILES string of the molecule is CCC(CC)N(C)CC(CC)(CC)C(=O)O. The third kappa shape index (κ3) is 3.48. The second-order valence-corrected chi connectivity index (χ2v) is 4.68. The minimum absolute atomic E-state index is 0.497. The minimum atomic E-state index is -0.657. The molecule has 0 aliphatic carbocycles. The average molecular weight is 229 g/mol. The Morgan fingerprint density at radius 2 is 1.62 bits per heavy atom. The van der Waals surface area contributed by atoms with E-state index in [1.807, 2.05) is 20.9 Å². The van der Waals surface area contributed by atoms with Gasteiger partial charge in [0.1, 0.15) is 0 Å². The molecule has 0 aromatic carbocycles. The molecule has 0 spiro atoms. The number of hydrogen-bond acceptors (Lipinski definition) is 2. The Kier molecular flexibility index (Phi) is 6.65. The second-order valence-electron chi connectivity index (χ2n) is 4.68. The van der Waals surface area contributed by atoms with E-state index in [9.17, 15) is 9.90 Å². The molecule has 0 amide bonds. The van der Waals surface area contributed by atoms with Crippen molar-refractivity contribution in [3.05, 3.63) is 0 Å². The van der Waals surface area contributed by atoms with Gasteiger partial charge in [-0.1, -0.05) is 27.7 Å². The van der Waals surface area contributed by atoms with Gasteiger partial charge in [-0.3, -0.25) is 4.79 Å². The fourth-order valence-corrected chi connectivity index (χ4v) is 2.36. The number of carbonyl (C=O) groups is 1. The van der Waals surface area contributed by atoms with Crippen molar-refractivity contribution >= 4 is 5.97 Å². The van der Waals surface area contributed by atoms with E-state index in [4.69, 9.17) is 0 Å². The number of aliphatic carboxylic acids is 1. The Bertz CT molecular complexity index is 208. The summed E-state index contributed by atoms with van der Waals surface area (Å²) < 4.78 is 0. The maximum Gasteiger partial charge on any atom is 0.310 e. The Balaban J connectivity index is 4.68. The summed E-state index contributed by atoms with van der Waals surface area (Å²) in [5.74, 6) is -0.657. The van der Waals surface area contributed by atoms with Crippen molar-refractivity contribution in [2.45, 2.75) is 59.4 Å². The second kappa shape index (κ2) is 6.89. The van der Waals surface area contributed by atoms with Crippen LogP contribution in [0.5, 0.6) is 0 Å². The fourth-order valence-electron chi connectivity index (χ4n) is 2.36. The lowest BCUT2D eigenvalue weighted by molar-refractivity contribution is -0.151. The quantitative estimate of drug-likeness (QED) is 0.695. The summed E-state index contributed by atoms with van der Waals surface area (Å²) in [5.41, 5.74) is -0.572. The van der Waals surface area contributed by atoms with Gasteiger partial charge in [0.15, 0.2) is 0 Å². The first-order chi connectivity index (χ1) is 7.47. The molecule has 0 heterocycles. The monoisotopic (exact) mass is 229 g/mol. The molecule has 0 aromatic heterocycles. The van der Waals surface area contributed by atoms with Crippen LogP contribution < -0.4 is 0 Å². The van der Waals surface area contributed by atoms with Crippen LogP contribution in [0, 0.1) is 5.41 Å². The third-order valence-electron chi connectivity index (χ3n) is 3.93. The minimum Gasteiger partial charge on any atom is -0.481 e. The summed E-state index contributed by atoms with van der Waals surface area (Å²) in [5, 5.41) is 9.37. The van der Waals surface area contributed by atoms with Gasteiger partial charge in [0.25, 0.3) is 0 Å². The summed E-state index contributed by atoms with van der Waals surface area (Å²) in [7, 11) is 2.04. The molecule has 0 saturated heterocycles. The van der Waals surface area contributed by atoms with E-state index in [0.29, 0.717) is 25.4 Å². The molecule has 0 bridgehead atoms. The van der Waals surface area contributed by atoms with Crippen LogP contribution in [-0.4, -0.2) is 35.6 Å². The summed E-state index contributed by atoms with van der Waals surface area (Å²) in [6, 6.07) is 0.497. The van der Waals surface area contributed by atoms with Gasteiger partial charge in [-0.2, -0.15) is 0 Å². The molecule has 0 atom stereocenters. The van der Waals surface area contributed by atoms with Crippen molar-refractivity contribution in [2.24, 2.45) is 5.41 Å². The maximum atomic E-state index is 11.4. The molecule has 0 fully saturated rings. The van der Waals surface area contributed by atoms with Crippen LogP contribution in [0.15, 0.2) is 0 Å². The van der Waals surface area contributed by atoms with Gasteiger partial charge in [0.05, 0.1) is 5.41 Å². The van der Waals surface area contributed by atoms with Crippen molar-refractivity contribution in [3.63, 3.8) is 0 Å². The molecule has 96 valence electrons. The van der Waals surface area contributed by atoms with E-state index in [1.165, 1.54) is 0 Å². The summed E-state index contributed by atoms with van der Waals surface area (Å²) in [4.78, 5) is 13.6. The zero-order chi connectivity index (χ0) is 12.8. The predicted octanol–water partition coefficient (Wildman–Crippen LogP) is 3.00. The largest absolute Gasteiger partial charge is 0.481 e. The molecule has 0 unspecified atom stereocenters. The van der Waals surface area contributed by atoms with Crippen LogP contribution in [-0.2, 0) is 4.79 Å². The van der Waals surface area contributed by atoms with Crippen molar-refractivity contribution in [3.8, 4) is 0 Å². The van der Waals surface area contributed by atoms with E-state index < -0.39 is 11.4 Å². The van der Waals surface area contributed by atoms with Crippen LogP contribution in [0.25, 0.3) is 0 Å². The van der Waals surface area contributed by atoms with E-state index in [-0.39, 0.29) is 0 Å². The molecule has 0 rings (SSSR count). The smallest absolute Gasteiger partial charge is 0.310 e. The molecule has 0 radical (unpaired) electrons. The number of hydrogen-bond donors (Lipinski definition) is 1. The zero-order valence-corrected chi connectivity index (χ0v) is 11.4. The first-order valence-corrected chi connectivity index (χ1v) is 6.40. The lowest BCUT2D eigenvalue weighted by Crippen LogP contribution is -2.44. The molecule has 0 aromatic rings. The van der Waals surface area contributed by atoms with E-state index >= 15 is 0 Å². The standard InChI is InChI=1S/C13H27NO2/c1-6-11(7-2)14(5)10-13(8-3,9-4)12(15)16/h11H,6-10H2,1-5H3,(H,15,16). The molecule has 3 heteroatoms. The highest BCUT2D eigenvalue weighted by molar-refractivity contribution is 5.74. The van der Waals surface area contributed by atoms with E-state index in [0.717, 1.165) is 12.8 Å². The van der Waals surface area contributed by atoms with Crippen LogP contribution in [0.2, 0.25) is 0 Å². The van der Waals surface area contributed by atoms with Gasteiger partial charge in [0, 0.05) is 12.6 Å². The van der Waals surface area contributed by atoms with E-state index in [2.05, 4.69) is 18.7 Å². The van der Waals surface area contributed by atoms with Gasteiger partial charge < -0.3 is 10.0 Å². The van der Waals surface area contributed by atoms with Gasteiger partial charge in [0.2, 0.25) is 0 Å². The van der Waals surface area contributed by atoms with Crippen LogP contribution in [0.1, 0.15) is 53.4 Å². The van der Waals surface area contributed by atoms with Gasteiger partial charge in [-0.15, -0.1) is 0 Å². The normalized spacial score (nSPS) is 12.4. The first-order valence-electron chi connectivity index (χ1n) is 6.40. The van der Waals surface area contributed by atoms with Crippen molar-refractivity contribution in [1.82, 2.24) is 4.90 Å². The molecular formula is C13H27NO2. The Morgan fingerprint density at radius 3 is 1.88 bits per heavy atom. The summed E-state index contributed by atoms with van der Waals surface area (Å²) in [6.07, 6.45) is 3.55. The molecule has 0 aliphatic rings. The van der Waals surface area contributed by atoms with Crippen molar-refractivity contribution < 1.29 is 9.90 Å². The lowest BCUT2D eigenvalue weighted by Gasteiger charge is -2.35. The zero-order valence-electron chi connectivity index (χ0n) is 11.4. The first kappa shape index (κ1) is 15.4. The molecule has 0 saturated carbocycles. The molecular weight excluding hydrogens is 202 g/mol. The number of rotatable bonds is 8. The average Bonchev–Trinajstić information content (AvgIpc) is 2.27. The van der Waals surface area contributed by atoms with E-state index in [1.54, 1.807) is 0 Å². The third-order valence-corrected chi connectivity index (χ3v) is 3.93. The van der Waals surface area contributed by atoms with Gasteiger partial charge in [-0.25, -0.2) is 0 Å².